The maximum Gasteiger partial charge on any atom is 0.252 e. The Kier molecular flexibility index (Phi) is 6.26. The molecule has 0 saturated carbocycles. The summed E-state index contributed by atoms with van der Waals surface area (Å²) in [5.74, 6) is -0.485. The van der Waals surface area contributed by atoms with Crippen molar-refractivity contribution in [1.29, 1.82) is 0 Å². The minimum Gasteiger partial charge on any atom is -0.313 e. The van der Waals surface area contributed by atoms with Crippen LogP contribution < -0.4 is 4.80 Å². The van der Waals surface area contributed by atoms with Gasteiger partial charge in [0.15, 0.2) is 4.80 Å². The van der Waals surface area contributed by atoms with Crippen molar-refractivity contribution in [3.63, 3.8) is 0 Å². The molecule has 0 radical (unpaired) electrons. The fourth-order valence-corrected chi connectivity index (χ4v) is 7.66. The van der Waals surface area contributed by atoms with Gasteiger partial charge < -0.3 is 4.57 Å². The molecule has 3 aromatic rings. The number of hydrogen-bond donors (Lipinski definition) is 0. The molecule has 6 nitrogen and oxygen atoms in total. The Hall–Kier alpha value is -1.78. The highest BCUT2D eigenvalue weighted by atomic mass is 35.5. The first kappa shape index (κ1) is 21.5. The second-order valence-electron chi connectivity index (χ2n) is 6.94. The molecule has 0 spiro atoms. The molecule has 1 aromatic carbocycles. The van der Waals surface area contributed by atoms with E-state index in [-0.39, 0.29) is 16.0 Å². The van der Waals surface area contributed by atoms with E-state index in [0.29, 0.717) is 41.6 Å². The summed E-state index contributed by atoms with van der Waals surface area (Å²) in [6.45, 7) is 4.95. The second-order valence-corrected chi connectivity index (χ2v) is 11.8. The average molecular weight is 482 g/mol. The fourth-order valence-electron chi connectivity index (χ4n) is 3.50. The number of rotatable bonds is 5. The lowest BCUT2D eigenvalue weighted by Gasteiger charge is -2.29. The first-order chi connectivity index (χ1) is 14.4. The van der Waals surface area contributed by atoms with Gasteiger partial charge in [-0.25, -0.2) is 8.42 Å². The number of halogens is 1. The Morgan fingerprint density at radius 1 is 1.20 bits per heavy atom. The summed E-state index contributed by atoms with van der Waals surface area (Å²) < 4.78 is 30.6. The van der Waals surface area contributed by atoms with Gasteiger partial charge in [-0.15, -0.1) is 17.9 Å². The molecule has 1 fully saturated rings. The van der Waals surface area contributed by atoms with Crippen molar-refractivity contribution < 1.29 is 13.2 Å². The van der Waals surface area contributed by atoms with Crippen LogP contribution >= 0.6 is 34.3 Å². The van der Waals surface area contributed by atoms with Crippen molar-refractivity contribution in [1.82, 2.24) is 8.87 Å². The largest absolute Gasteiger partial charge is 0.313 e. The monoisotopic (exact) mass is 481 g/mol. The number of carbonyl (C=O) groups is 1. The molecule has 158 valence electrons. The maximum atomic E-state index is 12.8. The fraction of sp³-hybridized carbons (Fsp3) is 0.300. The number of carbonyl (C=O) groups excluding carboxylic acids is 1. The highest BCUT2D eigenvalue weighted by Gasteiger charge is 2.33. The van der Waals surface area contributed by atoms with E-state index in [2.05, 4.69) is 11.6 Å². The number of sulfonamides is 1. The standard InChI is InChI=1S/C20H20ClN3O3S3/c1-2-11-24-15-5-3-4-6-16(15)28-20(24)22-19(25)14-9-12-23(13-10-14)30(26,27)18-8-7-17(21)29-18/h2-8,14H,1,9-13H2. The van der Waals surface area contributed by atoms with Gasteiger partial charge in [-0.05, 0) is 37.1 Å². The smallest absolute Gasteiger partial charge is 0.252 e. The second kappa shape index (κ2) is 8.76. The highest BCUT2D eigenvalue weighted by Crippen LogP contribution is 2.30. The Morgan fingerprint density at radius 3 is 2.60 bits per heavy atom. The Balaban J connectivity index is 1.52. The normalized spacial score (nSPS) is 16.9. The molecule has 1 aliphatic heterocycles. The van der Waals surface area contributed by atoms with E-state index < -0.39 is 10.0 Å². The third-order valence-electron chi connectivity index (χ3n) is 5.05. The van der Waals surface area contributed by atoms with Crippen LogP contribution in [0.5, 0.6) is 0 Å². The summed E-state index contributed by atoms with van der Waals surface area (Å²) in [6, 6.07) is 11.0. The SMILES string of the molecule is C=CCn1c(=NC(=O)C2CCN(S(=O)(=O)c3ccc(Cl)s3)CC2)sc2ccccc21. The lowest BCUT2D eigenvalue weighted by molar-refractivity contribution is -0.122. The summed E-state index contributed by atoms with van der Waals surface area (Å²) in [5.41, 5.74) is 1.02. The molecule has 1 saturated heterocycles. The van der Waals surface area contributed by atoms with Crippen LogP contribution in [-0.4, -0.2) is 36.3 Å². The van der Waals surface area contributed by atoms with Gasteiger partial charge in [0.1, 0.15) is 4.21 Å². The molecular weight excluding hydrogens is 462 g/mol. The number of hydrogen-bond acceptors (Lipinski definition) is 5. The molecule has 10 heteroatoms. The number of thiophene rings is 1. The van der Waals surface area contributed by atoms with Crippen LogP contribution in [-0.2, 0) is 21.4 Å². The van der Waals surface area contributed by atoms with Gasteiger partial charge in [0.05, 0.1) is 14.6 Å². The first-order valence-corrected chi connectivity index (χ1v) is 12.9. The lowest BCUT2D eigenvalue weighted by atomic mass is 9.98. The van der Waals surface area contributed by atoms with E-state index in [1.54, 1.807) is 12.1 Å². The van der Waals surface area contributed by atoms with E-state index in [4.69, 9.17) is 11.6 Å². The van der Waals surface area contributed by atoms with Gasteiger partial charge in [-0.3, -0.25) is 4.79 Å². The van der Waals surface area contributed by atoms with Crippen molar-refractivity contribution in [2.75, 3.05) is 13.1 Å². The van der Waals surface area contributed by atoms with Crippen LogP contribution in [0, 0.1) is 5.92 Å². The molecule has 0 atom stereocenters. The molecule has 0 N–H and O–H groups in total. The number of allylic oxidation sites excluding steroid dienone is 1. The van der Waals surface area contributed by atoms with Gasteiger partial charge in [0.2, 0.25) is 0 Å². The summed E-state index contributed by atoms with van der Waals surface area (Å²) >= 11 is 8.40. The summed E-state index contributed by atoms with van der Waals surface area (Å²) in [7, 11) is -3.57. The van der Waals surface area contributed by atoms with Crippen molar-refractivity contribution in [3.8, 4) is 0 Å². The third kappa shape index (κ3) is 4.17. The predicted octanol–water partition coefficient (Wildman–Crippen LogP) is 4.13. The Labute approximate surface area is 187 Å². The third-order valence-corrected chi connectivity index (χ3v) is 9.71. The number of nitrogens with zero attached hydrogens (tertiary/aromatic N) is 3. The van der Waals surface area contributed by atoms with Crippen molar-refractivity contribution in [2.45, 2.75) is 23.6 Å². The van der Waals surface area contributed by atoms with Crippen LogP contribution in [0.25, 0.3) is 10.2 Å². The summed E-state index contributed by atoms with van der Waals surface area (Å²) in [6.07, 6.45) is 2.68. The highest BCUT2D eigenvalue weighted by molar-refractivity contribution is 7.91. The molecule has 30 heavy (non-hydrogen) atoms. The number of piperidine rings is 1. The van der Waals surface area contributed by atoms with Gasteiger partial charge in [0, 0.05) is 25.6 Å². The van der Waals surface area contributed by atoms with Gasteiger partial charge in [-0.1, -0.05) is 41.1 Å². The van der Waals surface area contributed by atoms with Gasteiger partial charge in [-0.2, -0.15) is 9.30 Å². The van der Waals surface area contributed by atoms with Crippen LogP contribution in [0.3, 0.4) is 0 Å². The van der Waals surface area contributed by atoms with Crippen LogP contribution in [0.4, 0.5) is 0 Å². The minimum absolute atomic E-state index is 0.199. The van der Waals surface area contributed by atoms with Gasteiger partial charge >= 0.3 is 0 Å². The van der Waals surface area contributed by atoms with Crippen LogP contribution in [0.15, 0.2) is 58.3 Å². The molecule has 4 rings (SSSR count). The zero-order valence-corrected chi connectivity index (χ0v) is 19.2. The quantitative estimate of drug-likeness (QED) is 0.514. The number of fused-ring (bicyclic) bond motifs is 1. The summed E-state index contributed by atoms with van der Waals surface area (Å²) in [5, 5.41) is 0. The van der Waals surface area contributed by atoms with E-state index in [0.717, 1.165) is 21.6 Å². The van der Waals surface area contributed by atoms with Gasteiger partial charge in [0.25, 0.3) is 15.9 Å². The molecule has 1 aliphatic rings. The van der Waals surface area contributed by atoms with E-state index in [1.807, 2.05) is 28.8 Å². The maximum absolute atomic E-state index is 12.8. The zero-order valence-electron chi connectivity index (χ0n) is 16.0. The topological polar surface area (TPSA) is 71.7 Å². The predicted molar refractivity (Wildman–Crippen MR) is 121 cm³/mol. The molecule has 1 amide bonds. The van der Waals surface area contributed by atoms with E-state index >= 15 is 0 Å². The first-order valence-electron chi connectivity index (χ1n) is 9.43. The van der Waals surface area contributed by atoms with E-state index in [9.17, 15) is 13.2 Å². The molecular formula is C20H20ClN3O3S3. The summed E-state index contributed by atoms with van der Waals surface area (Å²) in [4.78, 5) is 17.9. The molecule has 0 bridgehead atoms. The minimum atomic E-state index is -3.57. The molecule has 0 unspecified atom stereocenters. The number of benzene rings is 1. The van der Waals surface area contributed by atoms with Crippen LogP contribution in [0.2, 0.25) is 4.34 Å². The number of thiazole rings is 1. The van der Waals surface area contributed by atoms with Crippen molar-refractivity contribution in [2.24, 2.45) is 10.9 Å². The molecule has 0 aliphatic carbocycles. The average Bonchev–Trinajstić information content (AvgIpc) is 3.33. The Morgan fingerprint density at radius 2 is 1.93 bits per heavy atom. The molecule has 3 heterocycles. The molecule has 2 aromatic heterocycles. The van der Waals surface area contributed by atoms with Crippen LogP contribution in [0.1, 0.15) is 12.8 Å². The van der Waals surface area contributed by atoms with E-state index in [1.165, 1.54) is 21.7 Å². The number of aromatic nitrogens is 1. The van der Waals surface area contributed by atoms with Crippen molar-refractivity contribution >= 4 is 60.4 Å². The van der Waals surface area contributed by atoms with Crippen molar-refractivity contribution in [3.05, 3.63) is 58.2 Å². The number of amides is 1. The Bertz CT molecular complexity index is 1260. The number of para-hydroxylation sites is 1. The lowest BCUT2D eigenvalue weighted by Crippen LogP contribution is -2.40. The zero-order chi connectivity index (χ0) is 21.3.